The van der Waals surface area contributed by atoms with Gasteiger partial charge in [-0.2, -0.15) is 0 Å². The van der Waals surface area contributed by atoms with Gasteiger partial charge in [-0.3, -0.25) is 0 Å². The minimum atomic E-state index is 0.622. The van der Waals surface area contributed by atoms with E-state index in [0.29, 0.717) is 6.61 Å². The van der Waals surface area contributed by atoms with E-state index in [4.69, 9.17) is 16.3 Å². The molecule has 0 aromatic heterocycles. The third-order valence-electron chi connectivity index (χ3n) is 3.11. The van der Waals surface area contributed by atoms with Gasteiger partial charge in [-0.25, -0.2) is 0 Å². The smallest absolute Gasteiger partial charge is 0.125 e. The summed E-state index contributed by atoms with van der Waals surface area (Å²) in [6.45, 7) is 7.63. The molecule has 0 saturated carbocycles. The number of anilines is 1. The number of rotatable bonds is 5. The average molecular weight is 290 g/mol. The Kier molecular flexibility index (Phi) is 4.91. The van der Waals surface area contributed by atoms with E-state index in [-0.39, 0.29) is 0 Å². The van der Waals surface area contributed by atoms with Gasteiger partial charge in [0.25, 0.3) is 0 Å². The molecule has 0 aliphatic heterocycles. The van der Waals surface area contributed by atoms with E-state index in [1.807, 2.05) is 24.3 Å². The van der Waals surface area contributed by atoms with Gasteiger partial charge in [0.2, 0.25) is 0 Å². The zero-order chi connectivity index (χ0) is 14.5. The van der Waals surface area contributed by atoms with Crippen LogP contribution in [-0.4, -0.2) is 13.2 Å². The molecule has 0 amide bonds. The number of benzene rings is 2. The van der Waals surface area contributed by atoms with Gasteiger partial charge in [0.15, 0.2) is 0 Å². The summed E-state index contributed by atoms with van der Waals surface area (Å²) in [4.78, 5) is 0. The molecular weight excluding hydrogens is 270 g/mol. The number of aryl methyl sites for hydroxylation is 3. The van der Waals surface area contributed by atoms with E-state index in [1.54, 1.807) is 0 Å². The first-order valence-electron chi connectivity index (χ1n) is 6.76. The molecule has 2 rings (SSSR count). The molecule has 0 saturated heterocycles. The van der Waals surface area contributed by atoms with E-state index in [2.05, 4.69) is 38.2 Å². The molecule has 0 bridgehead atoms. The van der Waals surface area contributed by atoms with Crippen molar-refractivity contribution in [2.45, 2.75) is 20.8 Å². The largest absolute Gasteiger partial charge is 0.491 e. The first-order chi connectivity index (χ1) is 9.56. The van der Waals surface area contributed by atoms with E-state index in [1.165, 1.54) is 16.7 Å². The monoisotopic (exact) mass is 289 g/mol. The van der Waals surface area contributed by atoms with Crippen molar-refractivity contribution < 1.29 is 4.74 Å². The highest BCUT2D eigenvalue weighted by Crippen LogP contribution is 2.24. The normalized spacial score (nSPS) is 10.4. The Morgan fingerprint density at radius 3 is 2.40 bits per heavy atom. The lowest BCUT2D eigenvalue weighted by atomic mass is 10.1. The summed E-state index contributed by atoms with van der Waals surface area (Å²) in [5, 5.41) is 4.03. The lowest BCUT2D eigenvalue weighted by Gasteiger charge is -2.14. The Hall–Kier alpha value is -1.67. The van der Waals surface area contributed by atoms with Crippen LogP contribution >= 0.6 is 11.6 Å². The molecule has 2 nitrogen and oxygen atoms in total. The SMILES string of the molecule is Cc1cc(C)c(OCCNc2cccc(Cl)c2)c(C)c1. The van der Waals surface area contributed by atoms with Gasteiger partial charge in [0.05, 0.1) is 0 Å². The molecule has 0 radical (unpaired) electrons. The quantitative estimate of drug-likeness (QED) is 0.802. The Morgan fingerprint density at radius 2 is 1.75 bits per heavy atom. The summed E-state index contributed by atoms with van der Waals surface area (Å²) >= 11 is 5.94. The molecule has 1 N–H and O–H groups in total. The van der Waals surface area contributed by atoms with Crippen LogP contribution in [0.25, 0.3) is 0 Å². The third-order valence-corrected chi connectivity index (χ3v) is 3.34. The van der Waals surface area contributed by atoms with E-state index in [0.717, 1.165) is 23.0 Å². The van der Waals surface area contributed by atoms with E-state index in [9.17, 15) is 0 Å². The van der Waals surface area contributed by atoms with Gasteiger partial charge in [-0.05, 0) is 50.1 Å². The highest BCUT2D eigenvalue weighted by atomic mass is 35.5. The van der Waals surface area contributed by atoms with Crippen LogP contribution in [0.4, 0.5) is 5.69 Å². The predicted octanol–water partition coefficient (Wildman–Crippen LogP) is 4.76. The Labute approximate surface area is 125 Å². The maximum Gasteiger partial charge on any atom is 0.125 e. The van der Waals surface area contributed by atoms with Gasteiger partial charge < -0.3 is 10.1 Å². The molecule has 0 heterocycles. The Balaban J connectivity index is 1.88. The number of hydrogen-bond donors (Lipinski definition) is 1. The summed E-state index contributed by atoms with van der Waals surface area (Å²) in [6.07, 6.45) is 0. The highest BCUT2D eigenvalue weighted by molar-refractivity contribution is 6.30. The average Bonchev–Trinajstić information content (AvgIpc) is 2.36. The fourth-order valence-electron chi connectivity index (χ4n) is 2.34. The van der Waals surface area contributed by atoms with Crippen molar-refractivity contribution in [3.8, 4) is 5.75 Å². The van der Waals surface area contributed by atoms with Crippen LogP contribution in [-0.2, 0) is 0 Å². The lowest BCUT2D eigenvalue weighted by Crippen LogP contribution is -2.12. The summed E-state index contributed by atoms with van der Waals surface area (Å²) in [7, 11) is 0. The van der Waals surface area contributed by atoms with Gasteiger partial charge in [0, 0.05) is 17.3 Å². The minimum absolute atomic E-state index is 0.622. The van der Waals surface area contributed by atoms with Crippen molar-refractivity contribution >= 4 is 17.3 Å². The van der Waals surface area contributed by atoms with E-state index < -0.39 is 0 Å². The predicted molar refractivity (Wildman–Crippen MR) is 86.1 cm³/mol. The second-order valence-electron chi connectivity index (χ2n) is 5.01. The van der Waals surface area contributed by atoms with Crippen LogP contribution in [0.3, 0.4) is 0 Å². The number of ether oxygens (including phenoxy) is 1. The molecule has 3 heteroatoms. The van der Waals surface area contributed by atoms with E-state index >= 15 is 0 Å². The first kappa shape index (κ1) is 14.7. The molecule has 0 atom stereocenters. The third kappa shape index (κ3) is 3.91. The Bertz CT molecular complexity index is 572. The maximum absolute atomic E-state index is 5.94. The lowest BCUT2D eigenvalue weighted by molar-refractivity contribution is 0.328. The van der Waals surface area contributed by atoms with Crippen molar-refractivity contribution in [1.82, 2.24) is 0 Å². The summed E-state index contributed by atoms with van der Waals surface area (Å²) in [6, 6.07) is 12.0. The first-order valence-corrected chi connectivity index (χ1v) is 7.14. The minimum Gasteiger partial charge on any atom is -0.491 e. The summed E-state index contributed by atoms with van der Waals surface area (Å²) < 4.78 is 5.88. The van der Waals surface area contributed by atoms with Crippen molar-refractivity contribution in [3.05, 3.63) is 58.1 Å². The van der Waals surface area contributed by atoms with Crippen molar-refractivity contribution in [3.63, 3.8) is 0 Å². The molecule has 2 aromatic rings. The topological polar surface area (TPSA) is 21.3 Å². The van der Waals surface area contributed by atoms with Gasteiger partial charge in [-0.15, -0.1) is 0 Å². The molecule has 0 aliphatic carbocycles. The molecule has 0 fully saturated rings. The number of halogens is 1. The van der Waals surface area contributed by atoms with Gasteiger partial charge >= 0.3 is 0 Å². The van der Waals surface area contributed by atoms with Crippen LogP contribution < -0.4 is 10.1 Å². The second kappa shape index (κ2) is 6.67. The molecule has 0 spiro atoms. The van der Waals surface area contributed by atoms with Crippen molar-refractivity contribution in [1.29, 1.82) is 0 Å². The second-order valence-corrected chi connectivity index (χ2v) is 5.45. The Morgan fingerprint density at radius 1 is 1.05 bits per heavy atom. The fourth-order valence-corrected chi connectivity index (χ4v) is 2.53. The van der Waals surface area contributed by atoms with Crippen LogP contribution in [0.1, 0.15) is 16.7 Å². The van der Waals surface area contributed by atoms with Crippen LogP contribution in [0.5, 0.6) is 5.75 Å². The molecule has 0 unspecified atom stereocenters. The van der Waals surface area contributed by atoms with Crippen LogP contribution in [0.15, 0.2) is 36.4 Å². The highest BCUT2D eigenvalue weighted by Gasteiger charge is 2.04. The molecule has 0 aliphatic rings. The number of hydrogen-bond acceptors (Lipinski definition) is 2. The molecule has 20 heavy (non-hydrogen) atoms. The van der Waals surface area contributed by atoms with Gasteiger partial charge in [-0.1, -0.05) is 35.4 Å². The molecule has 2 aromatic carbocycles. The fraction of sp³-hybridized carbons (Fsp3) is 0.294. The van der Waals surface area contributed by atoms with Crippen molar-refractivity contribution in [2.24, 2.45) is 0 Å². The maximum atomic E-state index is 5.94. The number of nitrogens with one attached hydrogen (secondary N) is 1. The summed E-state index contributed by atoms with van der Waals surface area (Å²) in [5.41, 5.74) is 4.65. The molecular formula is C17H20ClNO. The van der Waals surface area contributed by atoms with Crippen LogP contribution in [0, 0.1) is 20.8 Å². The van der Waals surface area contributed by atoms with Crippen molar-refractivity contribution in [2.75, 3.05) is 18.5 Å². The molecule has 106 valence electrons. The van der Waals surface area contributed by atoms with Crippen LogP contribution in [0.2, 0.25) is 5.02 Å². The summed E-state index contributed by atoms with van der Waals surface area (Å²) in [5.74, 6) is 0.989. The zero-order valence-corrected chi connectivity index (χ0v) is 12.9. The van der Waals surface area contributed by atoms with Gasteiger partial charge in [0.1, 0.15) is 12.4 Å². The standard InChI is InChI=1S/C17H20ClNO/c1-12-9-13(2)17(14(3)10-12)20-8-7-19-16-6-4-5-15(18)11-16/h4-6,9-11,19H,7-8H2,1-3H3. The zero-order valence-electron chi connectivity index (χ0n) is 12.2.